The molecule has 112 valence electrons. The number of hydrogen-bond acceptors (Lipinski definition) is 3. The van der Waals surface area contributed by atoms with Crippen LogP contribution in [0.2, 0.25) is 0 Å². The molecule has 1 atom stereocenters. The highest BCUT2D eigenvalue weighted by Crippen LogP contribution is 2.32. The van der Waals surface area contributed by atoms with Crippen molar-refractivity contribution in [3.8, 4) is 11.5 Å². The van der Waals surface area contributed by atoms with Crippen LogP contribution in [-0.2, 0) is 0 Å². The summed E-state index contributed by atoms with van der Waals surface area (Å²) in [5.41, 5.74) is 2.33. The van der Waals surface area contributed by atoms with Crippen LogP contribution in [0.4, 0.5) is 10.1 Å². The van der Waals surface area contributed by atoms with Crippen molar-refractivity contribution in [3.63, 3.8) is 0 Å². The first kappa shape index (κ1) is 15.2. The molecule has 0 bridgehead atoms. The van der Waals surface area contributed by atoms with Crippen LogP contribution in [0.5, 0.6) is 11.5 Å². The summed E-state index contributed by atoms with van der Waals surface area (Å²) in [6.45, 7) is 3.73. The zero-order valence-corrected chi connectivity index (χ0v) is 12.7. The molecule has 2 aromatic carbocycles. The molecule has 0 aliphatic heterocycles. The molecule has 2 aromatic rings. The fourth-order valence-corrected chi connectivity index (χ4v) is 2.12. The van der Waals surface area contributed by atoms with Gasteiger partial charge in [-0.2, -0.15) is 0 Å². The van der Waals surface area contributed by atoms with E-state index in [-0.39, 0.29) is 11.9 Å². The predicted molar refractivity (Wildman–Crippen MR) is 82.7 cm³/mol. The second-order valence-corrected chi connectivity index (χ2v) is 4.94. The van der Waals surface area contributed by atoms with Gasteiger partial charge in [-0.1, -0.05) is 12.1 Å². The SMILES string of the molecule is COc1ccc(OC)c(NC(C)c2ccc(C)c(F)c2)c1. The van der Waals surface area contributed by atoms with E-state index in [0.29, 0.717) is 5.56 Å². The van der Waals surface area contributed by atoms with Gasteiger partial charge in [-0.3, -0.25) is 0 Å². The van der Waals surface area contributed by atoms with Crippen LogP contribution in [0.15, 0.2) is 36.4 Å². The summed E-state index contributed by atoms with van der Waals surface area (Å²) in [6, 6.07) is 10.7. The molecule has 0 saturated carbocycles. The Morgan fingerprint density at radius 2 is 1.81 bits per heavy atom. The first-order valence-electron chi connectivity index (χ1n) is 6.79. The number of hydrogen-bond donors (Lipinski definition) is 1. The average Bonchev–Trinajstić information content (AvgIpc) is 2.49. The Morgan fingerprint density at radius 1 is 1.05 bits per heavy atom. The standard InChI is InChI=1S/C17H20FNO2/c1-11-5-6-13(9-15(11)18)12(2)19-16-10-14(20-3)7-8-17(16)21-4/h5-10,12,19H,1-4H3. The molecule has 1 N–H and O–H groups in total. The Morgan fingerprint density at radius 3 is 2.43 bits per heavy atom. The molecule has 2 rings (SSSR count). The molecule has 1 unspecified atom stereocenters. The Bertz CT molecular complexity index is 628. The van der Waals surface area contributed by atoms with Crippen molar-refractivity contribution >= 4 is 5.69 Å². The van der Waals surface area contributed by atoms with Gasteiger partial charge in [0.15, 0.2) is 0 Å². The van der Waals surface area contributed by atoms with Gasteiger partial charge < -0.3 is 14.8 Å². The van der Waals surface area contributed by atoms with Crippen LogP contribution in [0.1, 0.15) is 24.1 Å². The summed E-state index contributed by atoms with van der Waals surface area (Å²) in [4.78, 5) is 0. The van der Waals surface area contributed by atoms with E-state index < -0.39 is 0 Å². The van der Waals surface area contributed by atoms with Gasteiger partial charge >= 0.3 is 0 Å². The lowest BCUT2D eigenvalue weighted by atomic mass is 10.1. The molecule has 0 fully saturated rings. The molecule has 0 aliphatic rings. The van der Waals surface area contributed by atoms with Gasteiger partial charge in [0.2, 0.25) is 0 Å². The summed E-state index contributed by atoms with van der Waals surface area (Å²) in [5.74, 6) is 1.26. The maximum absolute atomic E-state index is 13.7. The minimum Gasteiger partial charge on any atom is -0.497 e. The lowest BCUT2D eigenvalue weighted by Crippen LogP contribution is -2.08. The minimum atomic E-state index is -0.196. The number of aryl methyl sites for hydroxylation is 1. The van der Waals surface area contributed by atoms with E-state index in [1.807, 2.05) is 31.2 Å². The maximum Gasteiger partial charge on any atom is 0.142 e. The highest BCUT2D eigenvalue weighted by molar-refractivity contribution is 5.60. The van der Waals surface area contributed by atoms with Gasteiger partial charge in [0.05, 0.1) is 19.9 Å². The molecule has 0 amide bonds. The molecular weight excluding hydrogens is 269 g/mol. The van der Waals surface area contributed by atoms with E-state index in [2.05, 4.69) is 5.32 Å². The zero-order valence-electron chi connectivity index (χ0n) is 12.7. The second kappa shape index (κ2) is 6.48. The third-order valence-electron chi connectivity index (χ3n) is 3.47. The lowest BCUT2D eigenvalue weighted by molar-refractivity contribution is 0.404. The van der Waals surface area contributed by atoms with Crippen LogP contribution in [0, 0.1) is 12.7 Å². The number of benzene rings is 2. The zero-order chi connectivity index (χ0) is 15.4. The van der Waals surface area contributed by atoms with Crippen molar-refractivity contribution in [2.75, 3.05) is 19.5 Å². The van der Waals surface area contributed by atoms with E-state index in [9.17, 15) is 4.39 Å². The molecule has 0 radical (unpaired) electrons. The smallest absolute Gasteiger partial charge is 0.142 e. The Hall–Kier alpha value is -2.23. The number of rotatable bonds is 5. The fourth-order valence-electron chi connectivity index (χ4n) is 2.12. The van der Waals surface area contributed by atoms with Gasteiger partial charge in [0.1, 0.15) is 17.3 Å². The molecule has 21 heavy (non-hydrogen) atoms. The summed E-state index contributed by atoms with van der Waals surface area (Å²) >= 11 is 0. The highest BCUT2D eigenvalue weighted by Gasteiger charge is 2.11. The summed E-state index contributed by atoms with van der Waals surface area (Å²) in [5, 5.41) is 3.33. The summed E-state index contributed by atoms with van der Waals surface area (Å²) in [7, 11) is 3.23. The molecule has 3 nitrogen and oxygen atoms in total. The predicted octanol–water partition coefficient (Wildman–Crippen LogP) is 4.32. The van der Waals surface area contributed by atoms with Gasteiger partial charge in [-0.25, -0.2) is 4.39 Å². The van der Waals surface area contributed by atoms with Crippen LogP contribution in [-0.4, -0.2) is 14.2 Å². The molecule has 0 aliphatic carbocycles. The van der Waals surface area contributed by atoms with E-state index >= 15 is 0 Å². The van der Waals surface area contributed by atoms with Crippen molar-refractivity contribution in [1.82, 2.24) is 0 Å². The van der Waals surface area contributed by atoms with Crippen molar-refractivity contribution in [1.29, 1.82) is 0 Å². The summed E-state index contributed by atoms with van der Waals surface area (Å²) in [6.07, 6.45) is 0. The number of ether oxygens (including phenoxy) is 2. The lowest BCUT2D eigenvalue weighted by Gasteiger charge is -2.19. The van der Waals surface area contributed by atoms with Crippen molar-refractivity contribution in [2.24, 2.45) is 0 Å². The van der Waals surface area contributed by atoms with Crippen molar-refractivity contribution < 1.29 is 13.9 Å². The van der Waals surface area contributed by atoms with E-state index in [1.54, 1.807) is 33.3 Å². The Kier molecular flexibility index (Phi) is 4.68. The largest absolute Gasteiger partial charge is 0.497 e. The maximum atomic E-state index is 13.7. The molecular formula is C17H20FNO2. The molecule has 0 saturated heterocycles. The number of anilines is 1. The number of nitrogens with one attached hydrogen (secondary N) is 1. The van der Waals surface area contributed by atoms with E-state index in [1.165, 1.54) is 0 Å². The van der Waals surface area contributed by atoms with Gasteiger partial charge in [-0.05, 0) is 43.2 Å². The van der Waals surface area contributed by atoms with Crippen LogP contribution < -0.4 is 14.8 Å². The fraction of sp³-hybridized carbons (Fsp3) is 0.294. The van der Waals surface area contributed by atoms with Gasteiger partial charge in [-0.15, -0.1) is 0 Å². The van der Waals surface area contributed by atoms with E-state index in [4.69, 9.17) is 9.47 Å². The van der Waals surface area contributed by atoms with Crippen LogP contribution in [0.25, 0.3) is 0 Å². The van der Waals surface area contributed by atoms with Crippen molar-refractivity contribution in [3.05, 3.63) is 53.3 Å². The number of halogens is 1. The first-order valence-corrected chi connectivity index (χ1v) is 6.79. The Balaban J connectivity index is 2.25. The van der Waals surface area contributed by atoms with Crippen molar-refractivity contribution in [2.45, 2.75) is 19.9 Å². The highest BCUT2D eigenvalue weighted by atomic mass is 19.1. The van der Waals surface area contributed by atoms with Crippen LogP contribution in [0.3, 0.4) is 0 Å². The molecule has 4 heteroatoms. The third kappa shape index (κ3) is 3.45. The van der Waals surface area contributed by atoms with Crippen LogP contribution >= 0.6 is 0 Å². The normalized spacial score (nSPS) is 11.9. The third-order valence-corrected chi connectivity index (χ3v) is 3.47. The molecule has 0 aromatic heterocycles. The molecule has 0 spiro atoms. The number of methoxy groups -OCH3 is 2. The Labute approximate surface area is 124 Å². The average molecular weight is 289 g/mol. The topological polar surface area (TPSA) is 30.5 Å². The van der Waals surface area contributed by atoms with E-state index in [0.717, 1.165) is 22.7 Å². The minimum absolute atomic E-state index is 0.0545. The molecule has 0 heterocycles. The van der Waals surface area contributed by atoms with Gasteiger partial charge in [0, 0.05) is 12.1 Å². The first-order chi connectivity index (χ1) is 10.0. The quantitative estimate of drug-likeness (QED) is 0.889. The van der Waals surface area contributed by atoms with Gasteiger partial charge in [0.25, 0.3) is 0 Å². The monoisotopic (exact) mass is 289 g/mol. The second-order valence-electron chi connectivity index (χ2n) is 4.94. The summed E-state index contributed by atoms with van der Waals surface area (Å²) < 4.78 is 24.2.